The van der Waals surface area contributed by atoms with Gasteiger partial charge in [-0.3, -0.25) is 0 Å². The number of rotatable bonds is 9. The first-order chi connectivity index (χ1) is 9.52. The Kier molecular flexibility index (Phi) is 6.78. The lowest BCUT2D eigenvalue weighted by atomic mass is 9.97. The third-order valence-electron chi connectivity index (χ3n) is 3.17. The second-order valence-electron chi connectivity index (χ2n) is 5.26. The van der Waals surface area contributed by atoms with Crippen LogP contribution in [0, 0.1) is 0 Å². The molecule has 5 heteroatoms. The number of hydrogen-bond acceptors (Lipinski definition) is 5. The Morgan fingerprint density at radius 3 is 2.55 bits per heavy atom. The minimum absolute atomic E-state index is 0.00962. The Hall–Kier alpha value is -1.30. The molecule has 1 unspecified atom stereocenters. The van der Waals surface area contributed by atoms with Gasteiger partial charge in [-0.25, -0.2) is 0 Å². The Morgan fingerprint density at radius 1 is 1.20 bits per heavy atom. The van der Waals surface area contributed by atoms with E-state index in [4.69, 9.17) is 25.4 Å². The zero-order valence-corrected chi connectivity index (χ0v) is 12.3. The summed E-state index contributed by atoms with van der Waals surface area (Å²) >= 11 is 0. The largest absolute Gasteiger partial charge is 0.493 e. The maximum absolute atomic E-state index is 9.07. The average Bonchev–Trinajstić information content (AvgIpc) is 2.46. The fourth-order valence-corrected chi connectivity index (χ4v) is 1.82. The molecule has 0 bridgehead atoms. The second kappa shape index (κ2) is 8.09. The lowest BCUT2D eigenvalue weighted by molar-refractivity contribution is 0.193. The van der Waals surface area contributed by atoms with Gasteiger partial charge in [0.2, 0.25) is 0 Å². The Balaban J connectivity index is 2.39. The van der Waals surface area contributed by atoms with E-state index in [1.54, 1.807) is 25.3 Å². The van der Waals surface area contributed by atoms with Gasteiger partial charge in [0.15, 0.2) is 11.5 Å². The molecule has 5 nitrogen and oxygen atoms in total. The van der Waals surface area contributed by atoms with Crippen LogP contribution in [0.2, 0.25) is 0 Å². The minimum Gasteiger partial charge on any atom is -0.493 e. The molecule has 1 aromatic rings. The van der Waals surface area contributed by atoms with E-state index < -0.39 is 5.54 Å². The minimum atomic E-state index is -0.513. The smallest absolute Gasteiger partial charge is 0.161 e. The van der Waals surface area contributed by atoms with Crippen molar-refractivity contribution in [2.45, 2.75) is 38.3 Å². The SMILES string of the molecule is COc1cc(CO)ccc1OCCCCC(C)(N)CO. The topological polar surface area (TPSA) is 84.9 Å². The van der Waals surface area contributed by atoms with E-state index in [-0.39, 0.29) is 13.2 Å². The van der Waals surface area contributed by atoms with Gasteiger partial charge in [0.1, 0.15) is 0 Å². The average molecular weight is 283 g/mol. The zero-order chi connectivity index (χ0) is 15.0. The van der Waals surface area contributed by atoms with Gasteiger partial charge >= 0.3 is 0 Å². The van der Waals surface area contributed by atoms with E-state index in [0.29, 0.717) is 18.1 Å². The molecule has 0 fully saturated rings. The van der Waals surface area contributed by atoms with Crippen molar-refractivity contribution in [1.82, 2.24) is 0 Å². The van der Waals surface area contributed by atoms with Crippen LogP contribution >= 0.6 is 0 Å². The third-order valence-corrected chi connectivity index (χ3v) is 3.17. The summed E-state index contributed by atoms with van der Waals surface area (Å²) in [7, 11) is 1.57. The van der Waals surface area contributed by atoms with Crippen LogP contribution in [-0.4, -0.2) is 36.1 Å². The fraction of sp³-hybridized carbons (Fsp3) is 0.600. The predicted molar refractivity (Wildman–Crippen MR) is 77.9 cm³/mol. The zero-order valence-electron chi connectivity index (χ0n) is 12.3. The normalized spacial score (nSPS) is 13.8. The molecule has 1 atom stereocenters. The van der Waals surface area contributed by atoms with Gasteiger partial charge in [-0.05, 0) is 43.9 Å². The van der Waals surface area contributed by atoms with Crippen molar-refractivity contribution < 1.29 is 19.7 Å². The number of nitrogens with two attached hydrogens (primary N) is 1. The van der Waals surface area contributed by atoms with Gasteiger partial charge in [0.05, 0.1) is 26.9 Å². The highest BCUT2D eigenvalue weighted by Gasteiger charge is 2.15. The van der Waals surface area contributed by atoms with E-state index in [0.717, 1.165) is 24.8 Å². The van der Waals surface area contributed by atoms with Gasteiger partial charge in [-0.2, -0.15) is 0 Å². The first kappa shape index (κ1) is 16.8. The quantitative estimate of drug-likeness (QED) is 0.597. The van der Waals surface area contributed by atoms with Gasteiger partial charge in [0, 0.05) is 5.54 Å². The maximum atomic E-state index is 9.07. The molecule has 0 radical (unpaired) electrons. The molecule has 0 amide bonds. The van der Waals surface area contributed by atoms with E-state index in [9.17, 15) is 0 Å². The molecule has 0 aliphatic carbocycles. The Morgan fingerprint density at radius 2 is 1.95 bits per heavy atom. The Bertz CT molecular complexity index is 407. The fourth-order valence-electron chi connectivity index (χ4n) is 1.82. The van der Waals surface area contributed by atoms with Crippen molar-refractivity contribution in [2.24, 2.45) is 5.73 Å². The number of hydrogen-bond donors (Lipinski definition) is 3. The first-order valence-corrected chi connectivity index (χ1v) is 6.82. The van der Waals surface area contributed by atoms with E-state index in [1.807, 2.05) is 6.92 Å². The molecule has 114 valence electrons. The second-order valence-corrected chi connectivity index (χ2v) is 5.26. The van der Waals surface area contributed by atoms with Gasteiger partial charge in [-0.15, -0.1) is 0 Å². The van der Waals surface area contributed by atoms with Crippen molar-refractivity contribution in [2.75, 3.05) is 20.3 Å². The predicted octanol–water partition coefficient (Wildman–Crippen LogP) is 1.45. The molecule has 20 heavy (non-hydrogen) atoms. The summed E-state index contributed by atoms with van der Waals surface area (Å²) < 4.78 is 10.9. The summed E-state index contributed by atoms with van der Waals surface area (Å²) in [6.07, 6.45) is 2.51. The molecular weight excluding hydrogens is 258 g/mol. The van der Waals surface area contributed by atoms with Crippen molar-refractivity contribution in [3.8, 4) is 11.5 Å². The number of aliphatic hydroxyl groups excluding tert-OH is 2. The number of unbranched alkanes of at least 4 members (excludes halogenated alkanes) is 1. The van der Waals surface area contributed by atoms with Crippen LogP contribution in [0.5, 0.6) is 11.5 Å². The number of aliphatic hydroxyl groups is 2. The molecule has 0 spiro atoms. The summed E-state index contributed by atoms with van der Waals surface area (Å²) in [4.78, 5) is 0. The summed E-state index contributed by atoms with van der Waals surface area (Å²) in [6, 6.07) is 5.36. The van der Waals surface area contributed by atoms with Crippen LogP contribution in [0.15, 0.2) is 18.2 Å². The van der Waals surface area contributed by atoms with Crippen molar-refractivity contribution in [1.29, 1.82) is 0 Å². The van der Waals surface area contributed by atoms with Crippen molar-refractivity contribution in [3.05, 3.63) is 23.8 Å². The van der Waals surface area contributed by atoms with E-state index >= 15 is 0 Å². The summed E-state index contributed by atoms with van der Waals surface area (Å²) in [6.45, 7) is 2.37. The summed E-state index contributed by atoms with van der Waals surface area (Å²) in [5.41, 5.74) is 6.13. The summed E-state index contributed by atoms with van der Waals surface area (Å²) in [5, 5.41) is 18.1. The van der Waals surface area contributed by atoms with E-state index in [1.165, 1.54) is 0 Å². The van der Waals surface area contributed by atoms with Gasteiger partial charge in [0.25, 0.3) is 0 Å². The van der Waals surface area contributed by atoms with Gasteiger partial charge < -0.3 is 25.4 Å². The molecule has 4 N–H and O–H groups in total. The number of benzene rings is 1. The standard InChI is InChI=1S/C15H25NO4/c1-15(16,11-18)7-3-4-8-20-13-6-5-12(10-17)9-14(13)19-2/h5-6,9,17-18H,3-4,7-8,10-11,16H2,1-2H3. The van der Waals surface area contributed by atoms with Gasteiger partial charge in [-0.1, -0.05) is 6.07 Å². The highest BCUT2D eigenvalue weighted by atomic mass is 16.5. The molecule has 0 aliphatic rings. The van der Waals surface area contributed by atoms with Crippen LogP contribution in [0.4, 0.5) is 0 Å². The van der Waals surface area contributed by atoms with Crippen LogP contribution in [0.1, 0.15) is 31.7 Å². The van der Waals surface area contributed by atoms with E-state index in [2.05, 4.69) is 0 Å². The number of methoxy groups -OCH3 is 1. The molecule has 0 aliphatic heterocycles. The van der Waals surface area contributed by atoms with Crippen molar-refractivity contribution in [3.63, 3.8) is 0 Å². The lowest BCUT2D eigenvalue weighted by Gasteiger charge is -2.21. The van der Waals surface area contributed by atoms with Crippen LogP contribution < -0.4 is 15.2 Å². The van der Waals surface area contributed by atoms with Crippen molar-refractivity contribution >= 4 is 0 Å². The van der Waals surface area contributed by atoms with Crippen LogP contribution in [0.25, 0.3) is 0 Å². The lowest BCUT2D eigenvalue weighted by Crippen LogP contribution is -2.39. The summed E-state index contributed by atoms with van der Waals surface area (Å²) in [5.74, 6) is 1.29. The molecule has 0 heterocycles. The monoisotopic (exact) mass is 283 g/mol. The van der Waals surface area contributed by atoms with Crippen LogP contribution in [-0.2, 0) is 6.61 Å². The molecule has 1 aromatic carbocycles. The number of ether oxygens (including phenoxy) is 2. The molecule has 0 saturated carbocycles. The molecule has 0 saturated heterocycles. The Labute approximate surface area is 120 Å². The highest BCUT2D eigenvalue weighted by Crippen LogP contribution is 2.28. The molecular formula is C15H25NO4. The van der Waals surface area contributed by atoms with Crippen LogP contribution in [0.3, 0.4) is 0 Å². The molecule has 0 aromatic heterocycles. The molecule has 1 rings (SSSR count). The third kappa shape index (κ3) is 5.36. The highest BCUT2D eigenvalue weighted by molar-refractivity contribution is 5.42. The first-order valence-electron chi connectivity index (χ1n) is 6.82. The maximum Gasteiger partial charge on any atom is 0.161 e.